The first-order valence-electron chi connectivity index (χ1n) is 8.94. The Morgan fingerprint density at radius 1 is 1.36 bits per heavy atom. The third-order valence-corrected chi connectivity index (χ3v) is 4.46. The smallest absolute Gasteiger partial charge is 0.155 e. The molecule has 1 saturated heterocycles. The predicted molar refractivity (Wildman–Crippen MR) is 98.0 cm³/mol. The van der Waals surface area contributed by atoms with Gasteiger partial charge in [0.2, 0.25) is 0 Å². The number of methoxy groups -OCH3 is 1. The molecule has 1 aliphatic rings. The van der Waals surface area contributed by atoms with Crippen molar-refractivity contribution >= 4 is 0 Å². The molecule has 0 radical (unpaired) electrons. The molecule has 25 heavy (non-hydrogen) atoms. The fourth-order valence-electron chi connectivity index (χ4n) is 3.17. The maximum absolute atomic E-state index is 5.55. The van der Waals surface area contributed by atoms with Gasteiger partial charge in [0.15, 0.2) is 5.82 Å². The van der Waals surface area contributed by atoms with Crippen LogP contribution in [0.4, 0.5) is 0 Å². The van der Waals surface area contributed by atoms with Crippen molar-refractivity contribution in [3.05, 3.63) is 53.1 Å². The molecule has 1 atom stereocenters. The number of aryl methyl sites for hydroxylation is 1. The van der Waals surface area contributed by atoms with Crippen LogP contribution in [0.15, 0.2) is 35.9 Å². The van der Waals surface area contributed by atoms with E-state index in [-0.39, 0.29) is 0 Å². The van der Waals surface area contributed by atoms with Crippen LogP contribution in [-0.4, -0.2) is 35.1 Å². The summed E-state index contributed by atoms with van der Waals surface area (Å²) < 4.78 is 13.1. The van der Waals surface area contributed by atoms with Crippen molar-refractivity contribution in [1.29, 1.82) is 0 Å². The molecule has 5 nitrogen and oxygen atoms in total. The molecule has 0 bridgehead atoms. The Morgan fingerprint density at radius 2 is 2.20 bits per heavy atom. The highest BCUT2D eigenvalue weighted by Crippen LogP contribution is 2.23. The normalized spacial score (nSPS) is 16.8. The summed E-state index contributed by atoms with van der Waals surface area (Å²) in [4.78, 5) is 4.83. The number of rotatable bonds is 7. The van der Waals surface area contributed by atoms with Crippen LogP contribution in [-0.2, 0) is 17.6 Å². The molecule has 134 valence electrons. The van der Waals surface area contributed by atoms with Gasteiger partial charge >= 0.3 is 0 Å². The lowest BCUT2D eigenvalue weighted by Gasteiger charge is -2.10. The van der Waals surface area contributed by atoms with E-state index in [1.165, 1.54) is 5.57 Å². The SMILES string of the molecule is COc1ccccc1Cc1nc(CCC=C(C)C)n(C2CCOC2)n1. The van der Waals surface area contributed by atoms with Crippen LogP contribution in [0.2, 0.25) is 0 Å². The van der Waals surface area contributed by atoms with Crippen molar-refractivity contribution < 1.29 is 9.47 Å². The Labute approximate surface area is 149 Å². The molecular formula is C20H27N3O2. The molecule has 1 unspecified atom stereocenters. The van der Waals surface area contributed by atoms with E-state index in [1.54, 1.807) is 7.11 Å². The van der Waals surface area contributed by atoms with Crippen LogP contribution in [0.5, 0.6) is 5.75 Å². The molecule has 1 aliphatic heterocycles. The number of ether oxygens (including phenoxy) is 2. The third-order valence-electron chi connectivity index (χ3n) is 4.46. The second-order valence-electron chi connectivity index (χ2n) is 6.72. The minimum absolute atomic E-state index is 0.306. The first kappa shape index (κ1) is 17.7. The van der Waals surface area contributed by atoms with Gasteiger partial charge in [0.25, 0.3) is 0 Å². The second kappa shape index (κ2) is 8.30. The van der Waals surface area contributed by atoms with Gasteiger partial charge in [-0.05, 0) is 32.8 Å². The second-order valence-corrected chi connectivity index (χ2v) is 6.72. The Hall–Kier alpha value is -2.14. The molecule has 1 fully saturated rings. The van der Waals surface area contributed by atoms with Gasteiger partial charge in [-0.2, -0.15) is 5.10 Å². The Bertz CT molecular complexity index is 726. The molecule has 5 heteroatoms. The highest BCUT2D eigenvalue weighted by Gasteiger charge is 2.23. The van der Waals surface area contributed by atoms with E-state index in [4.69, 9.17) is 19.6 Å². The van der Waals surface area contributed by atoms with Crippen LogP contribution in [0.3, 0.4) is 0 Å². The number of allylic oxidation sites excluding steroid dienone is 2. The number of benzene rings is 1. The molecule has 0 saturated carbocycles. The van der Waals surface area contributed by atoms with E-state index < -0.39 is 0 Å². The highest BCUT2D eigenvalue weighted by atomic mass is 16.5. The molecule has 2 aromatic rings. The first-order valence-corrected chi connectivity index (χ1v) is 8.94. The first-order chi connectivity index (χ1) is 12.2. The minimum Gasteiger partial charge on any atom is -0.496 e. The van der Waals surface area contributed by atoms with Crippen LogP contribution in [0, 0.1) is 0 Å². The van der Waals surface area contributed by atoms with Gasteiger partial charge in [-0.3, -0.25) is 0 Å². The maximum atomic E-state index is 5.55. The minimum atomic E-state index is 0.306. The molecule has 1 aromatic carbocycles. The van der Waals surface area contributed by atoms with Gasteiger partial charge in [-0.15, -0.1) is 0 Å². The van der Waals surface area contributed by atoms with Gasteiger partial charge < -0.3 is 9.47 Å². The van der Waals surface area contributed by atoms with E-state index in [0.717, 1.165) is 55.4 Å². The lowest BCUT2D eigenvalue weighted by Crippen LogP contribution is -2.14. The summed E-state index contributed by atoms with van der Waals surface area (Å²) in [6.07, 6.45) is 5.83. The Balaban J connectivity index is 1.83. The number of hydrogen-bond donors (Lipinski definition) is 0. The zero-order valence-electron chi connectivity index (χ0n) is 15.4. The van der Waals surface area contributed by atoms with E-state index in [2.05, 4.69) is 30.7 Å². The van der Waals surface area contributed by atoms with Gasteiger partial charge in [-0.25, -0.2) is 9.67 Å². The third kappa shape index (κ3) is 4.48. The average Bonchev–Trinajstić information content (AvgIpc) is 3.25. The molecule has 0 spiro atoms. The van der Waals surface area contributed by atoms with Crippen molar-refractivity contribution in [3.63, 3.8) is 0 Å². The van der Waals surface area contributed by atoms with Gasteiger partial charge in [0.1, 0.15) is 11.6 Å². The lowest BCUT2D eigenvalue weighted by molar-refractivity contribution is 0.183. The summed E-state index contributed by atoms with van der Waals surface area (Å²) in [5, 5.41) is 4.81. The molecule has 3 rings (SSSR count). The monoisotopic (exact) mass is 341 g/mol. The summed E-state index contributed by atoms with van der Waals surface area (Å²) in [6.45, 7) is 5.79. The van der Waals surface area contributed by atoms with Crippen molar-refractivity contribution in [3.8, 4) is 5.75 Å². The summed E-state index contributed by atoms with van der Waals surface area (Å²) in [7, 11) is 1.70. The molecule has 0 N–H and O–H groups in total. The Kier molecular flexibility index (Phi) is 5.87. The summed E-state index contributed by atoms with van der Waals surface area (Å²) >= 11 is 0. The van der Waals surface area contributed by atoms with Crippen LogP contribution in [0.25, 0.3) is 0 Å². The summed E-state index contributed by atoms with van der Waals surface area (Å²) in [5.74, 6) is 2.79. The van der Waals surface area contributed by atoms with Crippen LogP contribution in [0.1, 0.15) is 49.9 Å². The van der Waals surface area contributed by atoms with E-state index in [1.807, 2.05) is 18.2 Å². The standard InChI is InChI=1S/C20H27N3O2/c1-15(2)7-6-10-20-21-19(22-23(20)17-11-12-25-14-17)13-16-8-4-5-9-18(16)24-3/h4-5,7-9,17H,6,10-14H2,1-3H3. The van der Waals surface area contributed by atoms with Crippen molar-refractivity contribution in [1.82, 2.24) is 14.8 Å². The quantitative estimate of drug-likeness (QED) is 0.720. The van der Waals surface area contributed by atoms with Gasteiger partial charge in [0, 0.05) is 25.0 Å². The average molecular weight is 341 g/mol. The number of para-hydroxylation sites is 1. The van der Waals surface area contributed by atoms with E-state index in [9.17, 15) is 0 Å². The van der Waals surface area contributed by atoms with Gasteiger partial charge in [0.05, 0.1) is 19.8 Å². The fourth-order valence-corrected chi connectivity index (χ4v) is 3.17. The van der Waals surface area contributed by atoms with E-state index >= 15 is 0 Å². The molecule has 0 amide bonds. The Morgan fingerprint density at radius 3 is 2.92 bits per heavy atom. The molecular weight excluding hydrogens is 314 g/mol. The number of hydrogen-bond acceptors (Lipinski definition) is 4. The summed E-state index contributed by atoms with van der Waals surface area (Å²) in [5.41, 5.74) is 2.45. The van der Waals surface area contributed by atoms with Gasteiger partial charge in [-0.1, -0.05) is 29.8 Å². The maximum Gasteiger partial charge on any atom is 0.155 e. The largest absolute Gasteiger partial charge is 0.496 e. The summed E-state index contributed by atoms with van der Waals surface area (Å²) in [6, 6.07) is 8.36. The fraction of sp³-hybridized carbons (Fsp3) is 0.500. The van der Waals surface area contributed by atoms with Crippen LogP contribution < -0.4 is 4.74 Å². The van der Waals surface area contributed by atoms with Crippen molar-refractivity contribution in [2.24, 2.45) is 0 Å². The highest BCUT2D eigenvalue weighted by molar-refractivity contribution is 5.35. The van der Waals surface area contributed by atoms with Crippen molar-refractivity contribution in [2.45, 2.75) is 45.6 Å². The number of nitrogens with zero attached hydrogens (tertiary/aromatic N) is 3. The van der Waals surface area contributed by atoms with Crippen LogP contribution >= 0.6 is 0 Å². The van der Waals surface area contributed by atoms with Crippen molar-refractivity contribution in [2.75, 3.05) is 20.3 Å². The topological polar surface area (TPSA) is 49.2 Å². The lowest BCUT2D eigenvalue weighted by atomic mass is 10.1. The molecule has 0 aliphatic carbocycles. The van der Waals surface area contributed by atoms with E-state index in [0.29, 0.717) is 12.5 Å². The zero-order chi connectivity index (χ0) is 17.6. The number of aromatic nitrogens is 3. The zero-order valence-corrected chi connectivity index (χ0v) is 15.4. The molecule has 2 heterocycles. The predicted octanol–water partition coefficient (Wildman–Crippen LogP) is 3.74. The molecule has 1 aromatic heterocycles.